The SMILES string of the molecule is C=C1C(Br)=C[C-]=C(c2ccccc2)N1C.[Y]. The molecule has 0 unspecified atom stereocenters. The van der Waals surface area contributed by atoms with E-state index < -0.39 is 0 Å². The predicted molar refractivity (Wildman–Crippen MR) is 67.0 cm³/mol. The van der Waals surface area contributed by atoms with Crippen molar-refractivity contribution in [2.24, 2.45) is 0 Å². The number of allylic oxidation sites excluding steroid dienone is 3. The van der Waals surface area contributed by atoms with E-state index in [-0.39, 0.29) is 32.7 Å². The molecule has 0 spiro atoms. The second-order valence-corrected chi connectivity index (χ2v) is 4.21. The van der Waals surface area contributed by atoms with Crippen molar-refractivity contribution in [3.8, 4) is 0 Å². The second-order valence-electron chi connectivity index (χ2n) is 3.36. The van der Waals surface area contributed by atoms with Gasteiger partial charge in [0.2, 0.25) is 0 Å². The maximum Gasteiger partial charge on any atom is 0.00849 e. The molecule has 1 aromatic rings. The Kier molecular flexibility index (Phi) is 5.16. The average Bonchev–Trinajstić information content (AvgIpc) is 2.27. The fourth-order valence-corrected chi connectivity index (χ4v) is 1.86. The first kappa shape index (κ1) is 13.9. The molecule has 0 fully saturated rings. The molecule has 2 rings (SSSR count). The average molecular weight is 350 g/mol. The molecule has 79 valence electrons. The predicted octanol–water partition coefficient (Wildman–Crippen LogP) is 3.57. The van der Waals surface area contributed by atoms with Crippen LogP contribution in [0.1, 0.15) is 5.56 Å². The zero-order valence-corrected chi connectivity index (χ0v) is 13.5. The molecule has 0 aromatic heterocycles. The van der Waals surface area contributed by atoms with E-state index in [9.17, 15) is 0 Å². The number of nitrogens with zero attached hydrogens (tertiary/aromatic N) is 1. The topological polar surface area (TPSA) is 3.24 Å². The van der Waals surface area contributed by atoms with Crippen LogP contribution in [0.3, 0.4) is 0 Å². The number of likely N-dealkylation sites (N-methyl/N-ethyl adjacent to an activating group) is 1. The first-order valence-corrected chi connectivity index (χ1v) is 5.47. The molecule has 0 aliphatic carbocycles. The smallest absolute Gasteiger partial charge is 0.00849 e. The third-order valence-corrected chi connectivity index (χ3v) is 3.09. The minimum absolute atomic E-state index is 0. The van der Waals surface area contributed by atoms with Crippen molar-refractivity contribution in [1.29, 1.82) is 0 Å². The summed E-state index contributed by atoms with van der Waals surface area (Å²) < 4.78 is 0.977. The minimum Gasteiger partial charge on any atom is -0.378 e. The molecule has 0 atom stereocenters. The Bertz CT molecular complexity index is 448. The summed E-state index contributed by atoms with van der Waals surface area (Å²) in [5.41, 5.74) is 3.15. The van der Waals surface area contributed by atoms with Gasteiger partial charge in [-0.25, -0.2) is 0 Å². The summed E-state index contributed by atoms with van der Waals surface area (Å²) >= 11 is 3.44. The van der Waals surface area contributed by atoms with Gasteiger partial charge in [0.1, 0.15) is 0 Å². The van der Waals surface area contributed by atoms with Crippen molar-refractivity contribution in [2.45, 2.75) is 0 Å². The Morgan fingerprint density at radius 3 is 2.50 bits per heavy atom. The summed E-state index contributed by atoms with van der Waals surface area (Å²) in [5.74, 6) is 0. The van der Waals surface area contributed by atoms with Gasteiger partial charge in [-0.05, 0) is 5.70 Å². The van der Waals surface area contributed by atoms with Gasteiger partial charge in [-0.3, -0.25) is 0 Å². The molecule has 1 aromatic carbocycles. The van der Waals surface area contributed by atoms with Gasteiger partial charge in [-0.2, -0.15) is 12.2 Å². The number of hydrogen-bond acceptors (Lipinski definition) is 1. The molecule has 1 radical (unpaired) electrons. The maximum atomic E-state index is 4.00. The molecule has 1 heterocycles. The van der Waals surface area contributed by atoms with Gasteiger partial charge in [-0.1, -0.05) is 40.5 Å². The molecule has 0 saturated heterocycles. The zero-order valence-electron chi connectivity index (χ0n) is 9.07. The molecule has 1 aliphatic heterocycles. The van der Waals surface area contributed by atoms with Crippen LogP contribution >= 0.6 is 15.9 Å². The van der Waals surface area contributed by atoms with Crippen LogP contribution in [-0.4, -0.2) is 11.9 Å². The van der Waals surface area contributed by atoms with Crippen molar-refractivity contribution >= 4 is 21.6 Å². The zero-order chi connectivity index (χ0) is 10.8. The molecule has 3 heteroatoms. The van der Waals surface area contributed by atoms with Crippen LogP contribution in [0.2, 0.25) is 0 Å². The quantitative estimate of drug-likeness (QED) is 0.700. The number of benzene rings is 1. The number of hydrogen-bond donors (Lipinski definition) is 0. The van der Waals surface area contributed by atoms with E-state index in [2.05, 4.69) is 40.7 Å². The van der Waals surface area contributed by atoms with Crippen molar-refractivity contribution < 1.29 is 32.7 Å². The Hall–Kier alpha value is -0.176. The van der Waals surface area contributed by atoms with E-state index in [1.165, 1.54) is 0 Å². The summed E-state index contributed by atoms with van der Waals surface area (Å²) in [7, 11) is 1.99. The van der Waals surface area contributed by atoms with Crippen LogP contribution < -0.4 is 0 Å². The monoisotopic (exact) mass is 349 g/mol. The van der Waals surface area contributed by atoms with Crippen molar-refractivity contribution in [1.82, 2.24) is 4.90 Å². The summed E-state index contributed by atoms with van der Waals surface area (Å²) in [6, 6.07) is 10.2. The third kappa shape index (κ3) is 2.74. The van der Waals surface area contributed by atoms with E-state index in [1.807, 2.05) is 36.2 Å². The summed E-state index contributed by atoms with van der Waals surface area (Å²) in [6.45, 7) is 4.00. The van der Waals surface area contributed by atoms with E-state index in [1.54, 1.807) is 0 Å². The first-order valence-electron chi connectivity index (χ1n) is 4.67. The van der Waals surface area contributed by atoms with Gasteiger partial charge >= 0.3 is 0 Å². The van der Waals surface area contributed by atoms with Crippen LogP contribution in [0, 0.1) is 6.08 Å². The van der Waals surface area contributed by atoms with Gasteiger partial charge in [0, 0.05) is 39.8 Å². The number of halogens is 1. The molecular weight excluding hydrogens is 339 g/mol. The van der Waals surface area contributed by atoms with Crippen LogP contribution in [0.25, 0.3) is 5.70 Å². The normalized spacial score (nSPS) is 15.1. The molecule has 0 saturated carbocycles. The standard InChI is InChI=1S/C13H11BrN.Y/c1-10-12(14)8-9-13(15(10)2)11-6-4-3-5-7-11;/h3-8H,1H2,2H3;/q-1;. The minimum atomic E-state index is 0. The first-order chi connectivity index (χ1) is 7.20. The molecule has 16 heavy (non-hydrogen) atoms. The van der Waals surface area contributed by atoms with Crippen molar-refractivity contribution in [3.63, 3.8) is 0 Å². The Morgan fingerprint density at radius 1 is 1.25 bits per heavy atom. The van der Waals surface area contributed by atoms with Crippen LogP contribution in [0.15, 0.2) is 53.2 Å². The van der Waals surface area contributed by atoms with E-state index in [0.717, 1.165) is 21.4 Å². The van der Waals surface area contributed by atoms with Gasteiger partial charge in [0.25, 0.3) is 0 Å². The Morgan fingerprint density at radius 2 is 1.88 bits per heavy atom. The van der Waals surface area contributed by atoms with E-state index >= 15 is 0 Å². The summed E-state index contributed by atoms with van der Waals surface area (Å²) in [5, 5.41) is 0. The fraction of sp³-hybridized carbons (Fsp3) is 0.0769. The van der Waals surface area contributed by atoms with Gasteiger partial charge in [0.15, 0.2) is 0 Å². The number of rotatable bonds is 1. The van der Waals surface area contributed by atoms with E-state index in [4.69, 9.17) is 0 Å². The second kappa shape index (κ2) is 5.95. The van der Waals surface area contributed by atoms with Crippen LogP contribution in [-0.2, 0) is 32.7 Å². The van der Waals surface area contributed by atoms with E-state index in [0.29, 0.717) is 0 Å². The molecule has 0 amide bonds. The maximum absolute atomic E-state index is 4.00. The largest absolute Gasteiger partial charge is 0.378 e. The molecular formula is C13H11BrNY-. The van der Waals surface area contributed by atoms with Crippen LogP contribution in [0.5, 0.6) is 0 Å². The van der Waals surface area contributed by atoms with Crippen molar-refractivity contribution in [3.05, 3.63) is 64.8 Å². The summed E-state index contributed by atoms with van der Waals surface area (Å²) in [4.78, 5) is 2.03. The van der Waals surface area contributed by atoms with Gasteiger partial charge in [-0.15, -0.1) is 28.1 Å². The van der Waals surface area contributed by atoms with Crippen molar-refractivity contribution in [2.75, 3.05) is 7.05 Å². The van der Waals surface area contributed by atoms with Crippen LogP contribution in [0.4, 0.5) is 0 Å². The molecule has 1 aliphatic rings. The van der Waals surface area contributed by atoms with Gasteiger partial charge < -0.3 is 4.90 Å². The molecule has 0 bridgehead atoms. The van der Waals surface area contributed by atoms with Gasteiger partial charge in [0.05, 0.1) is 0 Å². The third-order valence-electron chi connectivity index (χ3n) is 2.40. The fourth-order valence-electron chi connectivity index (χ4n) is 1.48. The Labute approximate surface area is 130 Å². The molecule has 1 nitrogen and oxygen atoms in total. The Balaban J connectivity index is 0.00000128. The summed E-state index contributed by atoms with van der Waals surface area (Å²) in [6.07, 6.45) is 5.15. The molecule has 0 N–H and O–H groups in total.